The number of carboxylic acid groups (broad SMARTS) is 1. The number of aromatic nitrogens is 2. The van der Waals surface area contributed by atoms with Gasteiger partial charge in [0.15, 0.2) is 5.82 Å². The normalized spacial score (nSPS) is 12.7. The standard InChI is InChI=1S/C13H10N4O4/c18-11-4-7-3-6(1-2-8(7)14-11)12(19)15-10-5-9(13(20)21)16-17-10/h1-3,5H,4H2,(H,14,18)(H,20,21)(H2,15,16,17,19). The number of aromatic carboxylic acids is 1. The van der Waals surface area contributed by atoms with Crippen molar-refractivity contribution in [2.45, 2.75) is 6.42 Å². The van der Waals surface area contributed by atoms with Crippen molar-refractivity contribution in [3.63, 3.8) is 0 Å². The topological polar surface area (TPSA) is 124 Å². The Morgan fingerprint density at radius 3 is 2.81 bits per heavy atom. The van der Waals surface area contributed by atoms with E-state index >= 15 is 0 Å². The van der Waals surface area contributed by atoms with Crippen molar-refractivity contribution >= 4 is 29.3 Å². The van der Waals surface area contributed by atoms with Crippen LogP contribution < -0.4 is 10.6 Å². The third kappa shape index (κ3) is 2.46. The first-order valence-corrected chi connectivity index (χ1v) is 6.06. The molecule has 2 aromatic rings. The van der Waals surface area contributed by atoms with Crippen LogP contribution in [0.25, 0.3) is 0 Å². The quantitative estimate of drug-likeness (QED) is 0.666. The number of carbonyl (C=O) groups excluding carboxylic acids is 2. The van der Waals surface area contributed by atoms with Crippen molar-refractivity contribution in [3.8, 4) is 0 Å². The Balaban J connectivity index is 1.78. The van der Waals surface area contributed by atoms with E-state index in [4.69, 9.17) is 5.11 Å². The third-order valence-corrected chi connectivity index (χ3v) is 3.04. The van der Waals surface area contributed by atoms with E-state index in [9.17, 15) is 14.4 Å². The molecule has 1 aromatic heterocycles. The highest BCUT2D eigenvalue weighted by Gasteiger charge is 2.19. The summed E-state index contributed by atoms with van der Waals surface area (Å²) >= 11 is 0. The van der Waals surface area contributed by atoms with E-state index in [1.165, 1.54) is 6.07 Å². The lowest BCUT2D eigenvalue weighted by atomic mass is 10.1. The Labute approximate surface area is 118 Å². The van der Waals surface area contributed by atoms with Crippen LogP contribution >= 0.6 is 0 Å². The smallest absolute Gasteiger partial charge is 0.353 e. The Bertz CT molecular complexity index is 765. The maximum Gasteiger partial charge on any atom is 0.353 e. The summed E-state index contributed by atoms with van der Waals surface area (Å²) in [5, 5.41) is 19.9. The van der Waals surface area contributed by atoms with Crippen molar-refractivity contribution in [2.24, 2.45) is 0 Å². The summed E-state index contributed by atoms with van der Waals surface area (Å²) in [7, 11) is 0. The number of aromatic amines is 1. The number of rotatable bonds is 3. The Morgan fingerprint density at radius 2 is 2.10 bits per heavy atom. The zero-order chi connectivity index (χ0) is 15.0. The van der Waals surface area contributed by atoms with Gasteiger partial charge >= 0.3 is 5.97 Å². The van der Waals surface area contributed by atoms with Crippen LogP contribution in [0.5, 0.6) is 0 Å². The second-order valence-electron chi connectivity index (χ2n) is 4.52. The summed E-state index contributed by atoms with van der Waals surface area (Å²) in [6.45, 7) is 0. The van der Waals surface area contributed by atoms with E-state index in [2.05, 4.69) is 20.8 Å². The van der Waals surface area contributed by atoms with Gasteiger partial charge in [-0.3, -0.25) is 14.7 Å². The van der Waals surface area contributed by atoms with Crippen LogP contribution in [0.3, 0.4) is 0 Å². The van der Waals surface area contributed by atoms with Crippen molar-refractivity contribution in [3.05, 3.63) is 41.1 Å². The van der Waals surface area contributed by atoms with Gasteiger partial charge in [0.2, 0.25) is 5.91 Å². The van der Waals surface area contributed by atoms with E-state index in [1.807, 2.05) is 0 Å². The van der Waals surface area contributed by atoms with Gasteiger partial charge in [-0.1, -0.05) is 0 Å². The van der Waals surface area contributed by atoms with E-state index in [0.717, 1.165) is 5.56 Å². The number of hydrogen-bond donors (Lipinski definition) is 4. The number of H-pyrrole nitrogens is 1. The van der Waals surface area contributed by atoms with Gasteiger partial charge in [0, 0.05) is 17.3 Å². The van der Waals surface area contributed by atoms with Crippen LogP contribution in [0.1, 0.15) is 26.4 Å². The number of nitrogens with one attached hydrogen (secondary N) is 3. The molecule has 0 fully saturated rings. The number of hydrogen-bond acceptors (Lipinski definition) is 4. The molecule has 1 aliphatic rings. The molecule has 0 bridgehead atoms. The van der Waals surface area contributed by atoms with Crippen molar-refractivity contribution in [1.82, 2.24) is 10.2 Å². The van der Waals surface area contributed by atoms with Crippen LogP contribution in [0.15, 0.2) is 24.3 Å². The third-order valence-electron chi connectivity index (χ3n) is 3.04. The largest absolute Gasteiger partial charge is 0.477 e. The predicted molar refractivity (Wildman–Crippen MR) is 72.3 cm³/mol. The van der Waals surface area contributed by atoms with Gasteiger partial charge in [-0.05, 0) is 23.8 Å². The maximum atomic E-state index is 12.1. The molecule has 2 heterocycles. The number of carboxylic acids is 1. The van der Waals surface area contributed by atoms with Crippen LogP contribution in [0, 0.1) is 0 Å². The Kier molecular flexibility index (Phi) is 2.90. The fraction of sp³-hybridized carbons (Fsp3) is 0.0769. The molecule has 4 N–H and O–H groups in total. The molecule has 0 radical (unpaired) electrons. The molecule has 8 heteroatoms. The molecule has 0 atom stereocenters. The minimum Gasteiger partial charge on any atom is -0.477 e. The minimum atomic E-state index is -1.16. The molecule has 3 rings (SSSR count). The highest BCUT2D eigenvalue weighted by Crippen LogP contribution is 2.24. The van der Waals surface area contributed by atoms with Crippen LogP contribution in [0.2, 0.25) is 0 Å². The SMILES string of the molecule is O=C1Cc2cc(C(=O)Nc3cc(C(=O)O)[nH]n3)ccc2N1. The fourth-order valence-electron chi connectivity index (χ4n) is 2.05. The summed E-state index contributed by atoms with van der Waals surface area (Å²) in [5.41, 5.74) is 1.70. The summed E-state index contributed by atoms with van der Waals surface area (Å²) in [6, 6.07) is 6.07. The second-order valence-corrected chi connectivity index (χ2v) is 4.52. The molecule has 2 amide bonds. The van der Waals surface area contributed by atoms with Gasteiger partial charge in [-0.25, -0.2) is 4.79 Å². The summed E-state index contributed by atoms with van der Waals surface area (Å²) < 4.78 is 0. The highest BCUT2D eigenvalue weighted by atomic mass is 16.4. The minimum absolute atomic E-state index is 0.110. The molecular formula is C13H10N4O4. The molecular weight excluding hydrogens is 276 g/mol. The average molecular weight is 286 g/mol. The zero-order valence-corrected chi connectivity index (χ0v) is 10.6. The molecule has 106 valence electrons. The van der Waals surface area contributed by atoms with E-state index in [-0.39, 0.29) is 23.8 Å². The monoisotopic (exact) mass is 286 g/mol. The summed E-state index contributed by atoms with van der Waals surface area (Å²) in [5.74, 6) is -1.58. The van der Waals surface area contributed by atoms with E-state index < -0.39 is 11.9 Å². The number of amides is 2. The van der Waals surface area contributed by atoms with Gasteiger partial charge in [0.1, 0.15) is 5.69 Å². The zero-order valence-electron chi connectivity index (χ0n) is 10.6. The number of carbonyl (C=O) groups is 3. The molecule has 0 saturated heterocycles. The molecule has 0 unspecified atom stereocenters. The van der Waals surface area contributed by atoms with Gasteiger partial charge in [-0.2, -0.15) is 5.10 Å². The first-order chi connectivity index (χ1) is 10.0. The lowest BCUT2D eigenvalue weighted by molar-refractivity contribution is -0.115. The molecule has 0 saturated carbocycles. The number of nitrogens with zero attached hydrogens (tertiary/aromatic N) is 1. The lowest BCUT2D eigenvalue weighted by Crippen LogP contribution is -2.12. The van der Waals surface area contributed by atoms with E-state index in [0.29, 0.717) is 11.3 Å². The predicted octanol–water partition coefficient (Wildman–Crippen LogP) is 0.855. The van der Waals surface area contributed by atoms with E-state index in [1.54, 1.807) is 18.2 Å². The summed E-state index contributed by atoms with van der Waals surface area (Å²) in [6.07, 6.45) is 0.238. The Morgan fingerprint density at radius 1 is 1.29 bits per heavy atom. The number of fused-ring (bicyclic) bond motifs is 1. The van der Waals surface area contributed by atoms with Gasteiger partial charge in [0.25, 0.3) is 5.91 Å². The highest BCUT2D eigenvalue weighted by molar-refractivity contribution is 6.06. The molecule has 1 aromatic carbocycles. The fourth-order valence-corrected chi connectivity index (χ4v) is 2.05. The molecule has 0 spiro atoms. The van der Waals surface area contributed by atoms with Crippen LogP contribution in [-0.2, 0) is 11.2 Å². The van der Waals surface area contributed by atoms with Crippen LogP contribution in [0.4, 0.5) is 11.5 Å². The van der Waals surface area contributed by atoms with Gasteiger partial charge in [-0.15, -0.1) is 0 Å². The van der Waals surface area contributed by atoms with Crippen molar-refractivity contribution < 1.29 is 19.5 Å². The van der Waals surface area contributed by atoms with Gasteiger partial charge in [0.05, 0.1) is 6.42 Å². The first-order valence-electron chi connectivity index (χ1n) is 6.06. The maximum absolute atomic E-state index is 12.1. The molecule has 1 aliphatic heterocycles. The average Bonchev–Trinajstić information content (AvgIpc) is 3.02. The van der Waals surface area contributed by atoms with Crippen LogP contribution in [-0.4, -0.2) is 33.1 Å². The molecule has 21 heavy (non-hydrogen) atoms. The number of anilines is 2. The van der Waals surface area contributed by atoms with Crippen molar-refractivity contribution in [1.29, 1.82) is 0 Å². The van der Waals surface area contributed by atoms with Gasteiger partial charge < -0.3 is 15.7 Å². The molecule has 0 aliphatic carbocycles. The lowest BCUT2D eigenvalue weighted by Gasteiger charge is -2.04. The summed E-state index contributed by atoms with van der Waals surface area (Å²) in [4.78, 5) is 34.0. The van der Waals surface area contributed by atoms with Crippen molar-refractivity contribution in [2.75, 3.05) is 10.6 Å². The second kappa shape index (κ2) is 4.75. The Hall–Kier alpha value is -3.16. The number of benzene rings is 1. The first kappa shape index (κ1) is 12.9. The molecule has 8 nitrogen and oxygen atoms in total.